The zero-order valence-corrected chi connectivity index (χ0v) is 32.6. The summed E-state index contributed by atoms with van der Waals surface area (Å²) in [5, 5.41) is 23.9. The molecule has 1 amide bonds. The van der Waals surface area contributed by atoms with E-state index < -0.39 is 38.6 Å². The van der Waals surface area contributed by atoms with E-state index in [0.29, 0.717) is 12.8 Å². The maximum atomic E-state index is 12.7. The molecular weight excluding hydrogens is 651 g/mol. The third-order valence-electron chi connectivity index (χ3n) is 8.41. The molecule has 4 atom stereocenters. The summed E-state index contributed by atoms with van der Waals surface area (Å²) >= 11 is 0. The van der Waals surface area contributed by atoms with Gasteiger partial charge in [0.1, 0.15) is 0 Å². The van der Waals surface area contributed by atoms with E-state index in [9.17, 15) is 24.5 Å². The second kappa shape index (κ2) is 35.8. The normalized spacial score (nSPS) is 15.4. The lowest BCUT2D eigenvalue weighted by Crippen LogP contribution is -2.46. The number of hydrogen-bond donors (Lipinski definition) is 5. The van der Waals surface area contributed by atoms with Crippen LogP contribution in [0.2, 0.25) is 0 Å². The van der Waals surface area contributed by atoms with Crippen molar-refractivity contribution in [2.24, 2.45) is 5.73 Å². The Kier molecular flexibility index (Phi) is 34.7. The largest absolute Gasteiger partial charge is 0.472 e. The molecule has 50 heavy (non-hydrogen) atoms. The summed E-state index contributed by atoms with van der Waals surface area (Å²) in [5.74, 6) is -0.479. The van der Waals surface area contributed by atoms with Gasteiger partial charge in [-0.3, -0.25) is 13.8 Å². The van der Waals surface area contributed by atoms with Crippen molar-refractivity contribution in [3.8, 4) is 0 Å². The van der Waals surface area contributed by atoms with Crippen molar-refractivity contribution in [1.82, 2.24) is 5.32 Å². The van der Waals surface area contributed by atoms with Crippen molar-refractivity contribution in [1.29, 1.82) is 0 Å². The third-order valence-corrected chi connectivity index (χ3v) is 9.39. The van der Waals surface area contributed by atoms with E-state index in [1.807, 2.05) is 6.08 Å². The molecule has 0 aliphatic carbocycles. The summed E-state index contributed by atoms with van der Waals surface area (Å²) in [6, 6.07) is -1.01. The van der Waals surface area contributed by atoms with Gasteiger partial charge in [0.2, 0.25) is 5.91 Å². The molecule has 0 spiro atoms. The number of aliphatic hydroxyl groups excluding tert-OH is 2. The predicted molar refractivity (Wildman–Crippen MR) is 209 cm³/mol. The summed E-state index contributed by atoms with van der Waals surface area (Å²) < 4.78 is 22.0. The SMILES string of the molecule is CCCCCCCC/C=C\CCCC(O)CC(=O)NC(COP(=O)(O)OCCN)C(O)/C=C/CC/C=C/CC/C=C/CCCCCCCCC. The Morgan fingerprint density at radius 3 is 1.66 bits per heavy atom. The van der Waals surface area contributed by atoms with Gasteiger partial charge in [0, 0.05) is 6.54 Å². The molecule has 4 unspecified atom stereocenters. The molecule has 0 saturated heterocycles. The molecule has 292 valence electrons. The number of unbranched alkanes of at least 4 members (excludes halogenated alkanes) is 16. The van der Waals surface area contributed by atoms with Crippen LogP contribution in [0.3, 0.4) is 0 Å². The Morgan fingerprint density at radius 2 is 1.14 bits per heavy atom. The van der Waals surface area contributed by atoms with Gasteiger partial charge in [-0.2, -0.15) is 0 Å². The van der Waals surface area contributed by atoms with Crippen molar-refractivity contribution in [2.75, 3.05) is 19.8 Å². The summed E-state index contributed by atoms with van der Waals surface area (Å²) in [6.45, 7) is 3.88. The molecule has 0 aliphatic heterocycles. The maximum absolute atomic E-state index is 12.7. The molecule has 0 heterocycles. The van der Waals surface area contributed by atoms with Crippen LogP contribution in [0, 0.1) is 0 Å². The maximum Gasteiger partial charge on any atom is 0.472 e. The van der Waals surface area contributed by atoms with Gasteiger partial charge in [0.25, 0.3) is 0 Å². The molecule has 0 rings (SSSR count). The minimum Gasteiger partial charge on any atom is -0.393 e. The van der Waals surface area contributed by atoms with Crippen LogP contribution in [0.25, 0.3) is 0 Å². The van der Waals surface area contributed by atoms with Crippen LogP contribution in [0.15, 0.2) is 48.6 Å². The Morgan fingerprint density at radius 1 is 0.680 bits per heavy atom. The lowest BCUT2D eigenvalue weighted by atomic mass is 10.1. The first-order valence-electron chi connectivity index (χ1n) is 19.8. The smallest absolute Gasteiger partial charge is 0.393 e. The van der Waals surface area contributed by atoms with Gasteiger partial charge in [0.05, 0.1) is 37.9 Å². The third kappa shape index (κ3) is 33.6. The van der Waals surface area contributed by atoms with E-state index in [2.05, 4.69) is 55.6 Å². The van der Waals surface area contributed by atoms with Crippen molar-refractivity contribution in [2.45, 2.75) is 180 Å². The zero-order chi connectivity index (χ0) is 37.0. The van der Waals surface area contributed by atoms with E-state index in [1.54, 1.807) is 6.08 Å². The van der Waals surface area contributed by atoms with Crippen LogP contribution < -0.4 is 11.1 Å². The quantitative estimate of drug-likeness (QED) is 0.0243. The molecule has 0 aromatic carbocycles. The van der Waals surface area contributed by atoms with Crippen LogP contribution in [0.4, 0.5) is 0 Å². The first kappa shape index (κ1) is 48.4. The van der Waals surface area contributed by atoms with Gasteiger partial charge < -0.3 is 26.2 Å². The lowest BCUT2D eigenvalue weighted by molar-refractivity contribution is -0.124. The van der Waals surface area contributed by atoms with Crippen LogP contribution in [0.5, 0.6) is 0 Å². The highest BCUT2D eigenvalue weighted by molar-refractivity contribution is 7.47. The van der Waals surface area contributed by atoms with Crippen LogP contribution >= 0.6 is 7.82 Å². The van der Waals surface area contributed by atoms with Crippen LogP contribution in [-0.4, -0.2) is 59.0 Å². The van der Waals surface area contributed by atoms with E-state index in [4.69, 9.17) is 14.8 Å². The monoisotopic (exact) mass is 727 g/mol. The fourth-order valence-electron chi connectivity index (χ4n) is 5.38. The minimum absolute atomic E-state index is 0.0384. The predicted octanol–water partition coefficient (Wildman–Crippen LogP) is 9.52. The molecule has 0 fully saturated rings. The number of phosphoric ester groups is 1. The Hall–Kier alpha value is -1.58. The van der Waals surface area contributed by atoms with Crippen LogP contribution in [0.1, 0.15) is 162 Å². The number of hydrogen-bond acceptors (Lipinski definition) is 7. The Labute approximate surface area is 305 Å². The zero-order valence-electron chi connectivity index (χ0n) is 31.7. The molecule has 0 aliphatic rings. The van der Waals surface area contributed by atoms with Gasteiger partial charge in [0.15, 0.2) is 0 Å². The fraction of sp³-hybridized carbons (Fsp3) is 0.775. The van der Waals surface area contributed by atoms with Gasteiger partial charge in [-0.05, 0) is 70.6 Å². The van der Waals surface area contributed by atoms with Crippen molar-refractivity contribution in [3.05, 3.63) is 48.6 Å². The molecule has 6 N–H and O–H groups in total. The lowest BCUT2D eigenvalue weighted by Gasteiger charge is -2.24. The van der Waals surface area contributed by atoms with Gasteiger partial charge in [-0.25, -0.2) is 4.57 Å². The van der Waals surface area contributed by atoms with E-state index in [0.717, 1.165) is 44.9 Å². The standard InChI is InChI=1S/C40H75N2O7P/c1-3-5-7-9-11-13-15-16-17-18-19-20-22-24-26-28-30-32-39(44)38(36-49-50(46,47)48-34-33-41)42-40(45)35-37(43)31-29-27-25-23-21-14-12-10-8-6-4-2/h17-18,22-25,30,32,37-39,43-44H,3-16,19-21,26-29,31,33-36,41H2,1-2H3,(H,42,45)(H,46,47)/b18-17+,24-22+,25-23-,32-30+. The summed E-state index contributed by atoms with van der Waals surface area (Å²) in [7, 11) is -4.41. The number of nitrogens with two attached hydrogens (primary N) is 1. The average molecular weight is 727 g/mol. The van der Waals surface area contributed by atoms with Crippen LogP contribution in [-0.2, 0) is 18.4 Å². The first-order chi connectivity index (χ1) is 24.3. The second-order valence-electron chi connectivity index (χ2n) is 13.3. The number of carbonyl (C=O) groups is 1. The van der Waals surface area contributed by atoms with E-state index in [1.165, 1.54) is 83.5 Å². The molecular formula is C40H75N2O7P. The number of allylic oxidation sites excluding steroid dienone is 7. The van der Waals surface area contributed by atoms with Crippen molar-refractivity contribution >= 4 is 13.7 Å². The Bertz CT molecular complexity index is 941. The number of phosphoric acid groups is 1. The highest BCUT2D eigenvalue weighted by atomic mass is 31.2. The molecule has 0 aromatic heterocycles. The first-order valence-corrected chi connectivity index (χ1v) is 21.3. The van der Waals surface area contributed by atoms with Crippen molar-refractivity contribution < 1.29 is 33.5 Å². The average Bonchev–Trinajstić information content (AvgIpc) is 3.09. The summed E-state index contributed by atoms with van der Waals surface area (Å²) in [6.07, 6.45) is 39.2. The molecule has 0 saturated carbocycles. The van der Waals surface area contributed by atoms with Gasteiger partial charge in [-0.1, -0.05) is 133 Å². The molecule has 0 aromatic rings. The van der Waals surface area contributed by atoms with Gasteiger partial charge in [-0.15, -0.1) is 0 Å². The number of carbonyl (C=O) groups excluding carboxylic acids is 1. The highest BCUT2D eigenvalue weighted by Crippen LogP contribution is 2.43. The van der Waals surface area contributed by atoms with E-state index in [-0.39, 0.29) is 19.6 Å². The Balaban J connectivity index is 4.53. The summed E-state index contributed by atoms with van der Waals surface area (Å²) in [5.41, 5.74) is 5.34. The molecule has 10 heteroatoms. The molecule has 0 bridgehead atoms. The van der Waals surface area contributed by atoms with Crippen molar-refractivity contribution in [3.63, 3.8) is 0 Å². The number of rotatable bonds is 36. The topological polar surface area (TPSA) is 151 Å². The molecule has 0 radical (unpaired) electrons. The summed E-state index contributed by atoms with van der Waals surface area (Å²) in [4.78, 5) is 22.6. The highest BCUT2D eigenvalue weighted by Gasteiger charge is 2.27. The second-order valence-corrected chi connectivity index (χ2v) is 14.8. The minimum atomic E-state index is -4.41. The number of nitrogens with one attached hydrogen (secondary N) is 1. The molecule has 9 nitrogen and oxygen atoms in total. The van der Waals surface area contributed by atoms with E-state index >= 15 is 0 Å². The number of aliphatic hydroxyl groups is 2. The number of amides is 1. The van der Waals surface area contributed by atoms with Gasteiger partial charge >= 0.3 is 7.82 Å². The fourth-order valence-corrected chi connectivity index (χ4v) is 6.14.